The van der Waals surface area contributed by atoms with E-state index in [4.69, 9.17) is 4.74 Å². The van der Waals surface area contributed by atoms with Crippen LogP contribution in [0.3, 0.4) is 0 Å². The number of hydrogen-bond acceptors (Lipinski definition) is 4. The van der Waals surface area contributed by atoms with Gasteiger partial charge in [-0.25, -0.2) is 0 Å². The Morgan fingerprint density at radius 1 is 1.03 bits per heavy atom. The predicted molar refractivity (Wildman–Crippen MR) is 132 cm³/mol. The average molecular weight is 460 g/mol. The van der Waals surface area contributed by atoms with Gasteiger partial charge in [-0.15, -0.1) is 0 Å². The SMILES string of the molecule is COc1cccc(CN(C(=O)CN2C(=O)c3cccc4cccc2c34)[C@@H](C)C(=O)NC(C)C)c1. The number of ether oxygens (including phenoxy) is 1. The van der Waals surface area contributed by atoms with Crippen molar-refractivity contribution in [1.29, 1.82) is 0 Å². The first kappa shape index (κ1) is 23.3. The average Bonchev–Trinajstić information content (AvgIpc) is 3.09. The molecule has 3 aromatic rings. The molecule has 1 N–H and O–H groups in total. The zero-order valence-electron chi connectivity index (χ0n) is 19.9. The summed E-state index contributed by atoms with van der Waals surface area (Å²) in [7, 11) is 1.58. The number of nitrogens with zero attached hydrogens (tertiary/aromatic N) is 2. The van der Waals surface area contributed by atoms with Gasteiger partial charge in [-0.1, -0.05) is 36.4 Å². The number of rotatable bonds is 8. The summed E-state index contributed by atoms with van der Waals surface area (Å²) in [5, 5.41) is 4.69. The van der Waals surface area contributed by atoms with Crippen LogP contribution in [-0.4, -0.2) is 48.4 Å². The van der Waals surface area contributed by atoms with Crippen molar-refractivity contribution in [3.8, 4) is 5.75 Å². The molecule has 0 saturated carbocycles. The lowest BCUT2D eigenvalue weighted by molar-refractivity contribution is -0.139. The van der Waals surface area contributed by atoms with Gasteiger partial charge in [0.2, 0.25) is 11.8 Å². The maximum Gasteiger partial charge on any atom is 0.259 e. The highest BCUT2D eigenvalue weighted by molar-refractivity contribution is 6.26. The molecule has 0 saturated heterocycles. The monoisotopic (exact) mass is 459 g/mol. The lowest BCUT2D eigenvalue weighted by Crippen LogP contribution is -2.51. The van der Waals surface area contributed by atoms with Crippen LogP contribution in [0.1, 0.15) is 36.7 Å². The molecule has 0 spiro atoms. The highest BCUT2D eigenvalue weighted by atomic mass is 16.5. The van der Waals surface area contributed by atoms with E-state index in [2.05, 4.69) is 5.32 Å². The molecule has 4 rings (SSSR count). The fourth-order valence-corrected chi connectivity index (χ4v) is 4.32. The van der Waals surface area contributed by atoms with Gasteiger partial charge >= 0.3 is 0 Å². The van der Waals surface area contributed by atoms with Crippen molar-refractivity contribution < 1.29 is 19.1 Å². The number of hydrogen-bond donors (Lipinski definition) is 1. The van der Waals surface area contributed by atoms with Crippen molar-refractivity contribution in [2.45, 2.75) is 39.4 Å². The number of amides is 3. The fraction of sp³-hybridized carbons (Fsp3) is 0.296. The molecule has 0 aromatic heterocycles. The smallest absolute Gasteiger partial charge is 0.259 e. The van der Waals surface area contributed by atoms with Gasteiger partial charge in [0.05, 0.1) is 12.8 Å². The number of methoxy groups -OCH3 is 1. The summed E-state index contributed by atoms with van der Waals surface area (Å²) >= 11 is 0. The van der Waals surface area contributed by atoms with Crippen molar-refractivity contribution in [2.75, 3.05) is 18.6 Å². The summed E-state index contributed by atoms with van der Waals surface area (Å²) in [5.41, 5.74) is 2.13. The summed E-state index contributed by atoms with van der Waals surface area (Å²) in [6.07, 6.45) is 0. The van der Waals surface area contributed by atoms with Crippen molar-refractivity contribution >= 4 is 34.2 Å². The Bertz CT molecular complexity index is 1250. The maximum atomic E-state index is 13.6. The van der Waals surface area contributed by atoms with Crippen LogP contribution in [0, 0.1) is 0 Å². The fourth-order valence-electron chi connectivity index (χ4n) is 4.32. The molecule has 0 bridgehead atoms. The molecule has 7 heteroatoms. The third-order valence-corrected chi connectivity index (χ3v) is 6.03. The standard InChI is InChI=1S/C27H29N3O4/c1-17(2)28-26(32)18(3)29(15-19-8-5-11-21(14-19)34-4)24(31)16-30-23-13-7-10-20-9-6-12-22(25(20)23)27(30)33/h5-14,17-18H,15-16H2,1-4H3,(H,28,32)/t18-/m0/s1. The molecule has 1 aliphatic rings. The van der Waals surface area contributed by atoms with Crippen LogP contribution in [0.25, 0.3) is 10.8 Å². The van der Waals surface area contributed by atoms with Crippen LogP contribution in [0.2, 0.25) is 0 Å². The lowest BCUT2D eigenvalue weighted by Gasteiger charge is -2.31. The van der Waals surface area contributed by atoms with Gasteiger partial charge in [0.1, 0.15) is 18.3 Å². The van der Waals surface area contributed by atoms with Gasteiger partial charge in [-0.3, -0.25) is 19.3 Å². The lowest BCUT2D eigenvalue weighted by atomic mass is 10.1. The Morgan fingerprint density at radius 2 is 1.74 bits per heavy atom. The van der Waals surface area contributed by atoms with E-state index in [1.165, 1.54) is 9.80 Å². The van der Waals surface area contributed by atoms with Crippen LogP contribution in [0.15, 0.2) is 60.7 Å². The summed E-state index contributed by atoms with van der Waals surface area (Å²) < 4.78 is 5.31. The van der Waals surface area contributed by atoms with E-state index in [0.717, 1.165) is 16.3 Å². The largest absolute Gasteiger partial charge is 0.497 e. The third kappa shape index (κ3) is 4.46. The summed E-state index contributed by atoms with van der Waals surface area (Å²) in [5.74, 6) is -0.0986. The highest BCUT2D eigenvalue weighted by Crippen LogP contribution is 2.37. The first-order chi connectivity index (χ1) is 16.3. The minimum atomic E-state index is -0.725. The van der Waals surface area contributed by atoms with Gasteiger partial charge in [0.25, 0.3) is 5.91 Å². The summed E-state index contributed by atoms with van der Waals surface area (Å²) in [6, 6.07) is 17.9. The molecule has 34 heavy (non-hydrogen) atoms. The quantitative estimate of drug-likeness (QED) is 0.557. The first-order valence-corrected chi connectivity index (χ1v) is 11.4. The van der Waals surface area contributed by atoms with Gasteiger partial charge < -0.3 is 15.0 Å². The van der Waals surface area contributed by atoms with Crippen molar-refractivity contribution in [2.24, 2.45) is 0 Å². The Hall–Kier alpha value is -3.87. The second-order valence-electron chi connectivity index (χ2n) is 8.78. The number of carbonyl (C=O) groups is 3. The Morgan fingerprint density at radius 3 is 2.44 bits per heavy atom. The predicted octanol–water partition coefficient (Wildman–Crippen LogP) is 3.75. The molecular weight excluding hydrogens is 430 g/mol. The molecule has 7 nitrogen and oxygen atoms in total. The summed E-state index contributed by atoms with van der Waals surface area (Å²) in [4.78, 5) is 42.7. The molecule has 0 radical (unpaired) electrons. The number of nitrogens with one attached hydrogen (secondary N) is 1. The third-order valence-electron chi connectivity index (χ3n) is 6.03. The molecule has 176 valence electrons. The molecule has 1 atom stereocenters. The topological polar surface area (TPSA) is 79.0 Å². The van der Waals surface area contributed by atoms with E-state index in [9.17, 15) is 14.4 Å². The Balaban J connectivity index is 1.63. The Kier molecular flexibility index (Phi) is 6.54. The van der Waals surface area contributed by atoms with E-state index >= 15 is 0 Å². The van der Waals surface area contributed by atoms with E-state index < -0.39 is 6.04 Å². The molecule has 0 unspecified atom stereocenters. The molecule has 3 aromatic carbocycles. The first-order valence-electron chi connectivity index (χ1n) is 11.4. The van der Waals surface area contributed by atoms with E-state index in [-0.39, 0.29) is 36.9 Å². The molecular formula is C27H29N3O4. The number of benzene rings is 3. The van der Waals surface area contributed by atoms with E-state index in [1.54, 1.807) is 20.1 Å². The van der Waals surface area contributed by atoms with Crippen LogP contribution in [0.4, 0.5) is 5.69 Å². The molecule has 0 fully saturated rings. The second-order valence-corrected chi connectivity index (χ2v) is 8.78. The molecule has 3 amide bonds. The van der Waals surface area contributed by atoms with E-state index in [0.29, 0.717) is 17.0 Å². The normalized spacial score (nSPS) is 13.3. The van der Waals surface area contributed by atoms with Crippen LogP contribution in [-0.2, 0) is 16.1 Å². The maximum absolute atomic E-state index is 13.6. The zero-order valence-corrected chi connectivity index (χ0v) is 19.9. The zero-order chi connectivity index (χ0) is 24.4. The van der Waals surface area contributed by atoms with Crippen molar-refractivity contribution in [1.82, 2.24) is 10.2 Å². The molecule has 0 aliphatic carbocycles. The van der Waals surface area contributed by atoms with Gasteiger partial charge in [-0.2, -0.15) is 0 Å². The minimum Gasteiger partial charge on any atom is -0.497 e. The van der Waals surface area contributed by atoms with Crippen LogP contribution >= 0.6 is 0 Å². The van der Waals surface area contributed by atoms with E-state index in [1.807, 2.05) is 68.4 Å². The van der Waals surface area contributed by atoms with Crippen molar-refractivity contribution in [3.63, 3.8) is 0 Å². The van der Waals surface area contributed by atoms with Crippen molar-refractivity contribution in [3.05, 3.63) is 71.8 Å². The summed E-state index contributed by atoms with van der Waals surface area (Å²) in [6.45, 7) is 5.51. The highest BCUT2D eigenvalue weighted by Gasteiger charge is 2.34. The second kappa shape index (κ2) is 9.55. The van der Waals surface area contributed by atoms with Gasteiger partial charge in [0.15, 0.2) is 0 Å². The molecule has 1 aliphatic heterocycles. The minimum absolute atomic E-state index is 0.0593. The number of carbonyl (C=O) groups excluding carboxylic acids is 3. The van der Waals surface area contributed by atoms with Crippen LogP contribution in [0.5, 0.6) is 5.75 Å². The number of anilines is 1. The van der Waals surface area contributed by atoms with Gasteiger partial charge in [0, 0.05) is 23.5 Å². The van der Waals surface area contributed by atoms with Gasteiger partial charge in [-0.05, 0) is 56.0 Å². The Labute approximate surface area is 199 Å². The van der Waals surface area contributed by atoms with Crippen LogP contribution < -0.4 is 15.0 Å². The molecule has 1 heterocycles.